The molecule has 1 aromatic heterocycles. The second-order valence-electron chi connectivity index (χ2n) is 7.14. The number of benzene rings is 1. The number of aromatic nitrogens is 1. The van der Waals surface area contributed by atoms with Gasteiger partial charge in [-0.2, -0.15) is 4.98 Å². The minimum atomic E-state index is 0.378. The number of piperidine rings is 1. The molecule has 1 aromatic carbocycles. The Bertz CT molecular complexity index is 712. The Morgan fingerprint density at radius 1 is 1.12 bits per heavy atom. The van der Waals surface area contributed by atoms with Crippen LogP contribution < -0.4 is 19.7 Å². The average molecular weight is 353 g/mol. The number of pyridine rings is 1. The van der Waals surface area contributed by atoms with Crippen molar-refractivity contribution in [3.63, 3.8) is 0 Å². The molecular weight excluding hydrogens is 326 g/mol. The van der Waals surface area contributed by atoms with Gasteiger partial charge in [-0.05, 0) is 62.4 Å². The SMILES string of the molecule is COc1ccc(N(c2ccccc2)C2CCCNC2)nc1OCC1CC1. The van der Waals surface area contributed by atoms with Crippen LogP contribution in [0.3, 0.4) is 0 Å². The topological polar surface area (TPSA) is 46.6 Å². The highest BCUT2D eigenvalue weighted by molar-refractivity contribution is 5.62. The van der Waals surface area contributed by atoms with Crippen LogP contribution in [-0.2, 0) is 0 Å². The lowest BCUT2D eigenvalue weighted by molar-refractivity contribution is 0.269. The van der Waals surface area contributed by atoms with Gasteiger partial charge >= 0.3 is 0 Å². The van der Waals surface area contributed by atoms with Crippen molar-refractivity contribution in [3.8, 4) is 11.6 Å². The Hall–Kier alpha value is -2.27. The molecule has 2 fully saturated rings. The van der Waals surface area contributed by atoms with Gasteiger partial charge < -0.3 is 19.7 Å². The molecule has 1 unspecified atom stereocenters. The molecule has 2 aliphatic rings. The quantitative estimate of drug-likeness (QED) is 0.821. The van der Waals surface area contributed by atoms with Gasteiger partial charge in [0.15, 0.2) is 5.75 Å². The molecule has 4 rings (SSSR count). The van der Waals surface area contributed by atoms with E-state index in [2.05, 4.69) is 34.5 Å². The van der Waals surface area contributed by atoms with Gasteiger partial charge in [0.1, 0.15) is 5.82 Å². The van der Waals surface area contributed by atoms with E-state index in [1.54, 1.807) is 7.11 Å². The molecule has 0 spiro atoms. The Morgan fingerprint density at radius 3 is 2.65 bits per heavy atom. The number of hydrogen-bond donors (Lipinski definition) is 1. The minimum Gasteiger partial charge on any atom is -0.491 e. The summed E-state index contributed by atoms with van der Waals surface area (Å²) in [6.45, 7) is 2.77. The van der Waals surface area contributed by atoms with Gasteiger partial charge in [0.2, 0.25) is 0 Å². The van der Waals surface area contributed by atoms with E-state index in [0.717, 1.165) is 37.6 Å². The molecule has 5 nitrogen and oxygen atoms in total. The monoisotopic (exact) mass is 353 g/mol. The summed E-state index contributed by atoms with van der Waals surface area (Å²) >= 11 is 0. The van der Waals surface area contributed by atoms with Gasteiger partial charge in [0, 0.05) is 18.3 Å². The molecule has 0 amide bonds. The molecular formula is C21H27N3O2. The van der Waals surface area contributed by atoms with E-state index >= 15 is 0 Å². The summed E-state index contributed by atoms with van der Waals surface area (Å²) in [5.41, 5.74) is 1.16. The number of para-hydroxylation sites is 1. The van der Waals surface area contributed by atoms with E-state index in [-0.39, 0.29) is 0 Å². The lowest BCUT2D eigenvalue weighted by Crippen LogP contribution is -2.44. The molecule has 1 atom stereocenters. The second kappa shape index (κ2) is 7.96. The first kappa shape index (κ1) is 17.2. The van der Waals surface area contributed by atoms with Crippen LogP contribution in [-0.4, -0.2) is 37.8 Å². The van der Waals surface area contributed by atoms with Gasteiger partial charge in [0.05, 0.1) is 13.7 Å². The van der Waals surface area contributed by atoms with Crippen LogP contribution in [0, 0.1) is 5.92 Å². The second-order valence-corrected chi connectivity index (χ2v) is 7.14. The summed E-state index contributed by atoms with van der Waals surface area (Å²) in [5.74, 6) is 2.89. The zero-order chi connectivity index (χ0) is 17.8. The van der Waals surface area contributed by atoms with Crippen molar-refractivity contribution in [2.24, 2.45) is 5.92 Å². The first-order chi connectivity index (χ1) is 12.8. The fourth-order valence-corrected chi connectivity index (χ4v) is 3.46. The van der Waals surface area contributed by atoms with Crippen LogP contribution in [0.15, 0.2) is 42.5 Å². The van der Waals surface area contributed by atoms with Crippen molar-refractivity contribution < 1.29 is 9.47 Å². The van der Waals surface area contributed by atoms with Crippen LogP contribution in [0.2, 0.25) is 0 Å². The molecule has 26 heavy (non-hydrogen) atoms. The third-order valence-electron chi connectivity index (χ3n) is 5.10. The van der Waals surface area contributed by atoms with E-state index in [0.29, 0.717) is 23.6 Å². The number of hydrogen-bond acceptors (Lipinski definition) is 5. The number of methoxy groups -OCH3 is 1. The molecule has 0 radical (unpaired) electrons. The molecule has 5 heteroatoms. The van der Waals surface area contributed by atoms with Crippen LogP contribution >= 0.6 is 0 Å². The van der Waals surface area contributed by atoms with Crippen molar-refractivity contribution in [3.05, 3.63) is 42.5 Å². The van der Waals surface area contributed by atoms with Crippen molar-refractivity contribution in [1.29, 1.82) is 0 Å². The van der Waals surface area contributed by atoms with Crippen LogP contribution in [0.1, 0.15) is 25.7 Å². The predicted octanol–water partition coefficient (Wildman–Crippen LogP) is 3.77. The van der Waals surface area contributed by atoms with Crippen molar-refractivity contribution in [2.45, 2.75) is 31.7 Å². The summed E-state index contributed by atoms with van der Waals surface area (Å²) in [7, 11) is 1.67. The van der Waals surface area contributed by atoms with Gasteiger partial charge in [-0.25, -0.2) is 0 Å². The summed E-state index contributed by atoms with van der Waals surface area (Å²) in [6.07, 6.45) is 4.83. The normalized spacial score (nSPS) is 19.8. The number of nitrogens with zero attached hydrogens (tertiary/aromatic N) is 2. The molecule has 1 aliphatic carbocycles. The first-order valence-electron chi connectivity index (χ1n) is 9.58. The summed E-state index contributed by atoms with van der Waals surface area (Å²) in [6, 6.07) is 14.9. The van der Waals surface area contributed by atoms with Gasteiger partial charge in [-0.3, -0.25) is 0 Å². The maximum Gasteiger partial charge on any atom is 0.259 e. The molecule has 2 heterocycles. The maximum absolute atomic E-state index is 5.99. The van der Waals surface area contributed by atoms with Gasteiger partial charge in [-0.15, -0.1) is 0 Å². The molecule has 2 aromatic rings. The van der Waals surface area contributed by atoms with E-state index in [1.807, 2.05) is 18.2 Å². The molecule has 138 valence electrons. The predicted molar refractivity (Wildman–Crippen MR) is 103 cm³/mol. The van der Waals surface area contributed by atoms with E-state index in [4.69, 9.17) is 14.5 Å². The maximum atomic E-state index is 5.99. The lowest BCUT2D eigenvalue weighted by atomic mass is 10.0. The number of nitrogens with one attached hydrogen (secondary N) is 1. The highest BCUT2D eigenvalue weighted by Gasteiger charge is 2.26. The van der Waals surface area contributed by atoms with Crippen molar-refractivity contribution in [2.75, 3.05) is 31.7 Å². The molecule has 0 bridgehead atoms. The lowest BCUT2D eigenvalue weighted by Gasteiger charge is -2.35. The Morgan fingerprint density at radius 2 is 1.96 bits per heavy atom. The zero-order valence-electron chi connectivity index (χ0n) is 15.4. The first-order valence-corrected chi connectivity index (χ1v) is 9.58. The highest BCUT2D eigenvalue weighted by atomic mass is 16.5. The Balaban J connectivity index is 1.66. The standard InChI is InChI=1S/C21H27N3O2/c1-25-19-11-12-20(23-21(19)26-15-16-9-10-16)24(17-6-3-2-4-7-17)18-8-5-13-22-14-18/h2-4,6-7,11-12,16,18,22H,5,8-10,13-15H2,1H3. The van der Waals surface area contributed by atoms with E-state index in [9.17, 15) is 0 Å². The fraction of sp³-hybridized carbons (Fsp3) is 0.476. The minimum absolute atomic E-state index is 0.378. The third-order valence-corrected chi connectivity index (χ3v) is 5.10. The Kier molecular flexibility index (Phi) is 5.25. The summed E-state index contributed by atoms with van der Waals surface area (Å²) in [5, 5.41) is 3.51. The summed E-state index contributed by atoms with van der Waals surface area (Å²) < 4.78 is 11.5. The number of anilines is 2. The van der Waals surface area contributed by atoms with Gasteiger partial charge in [0.25, 0.3) is 5.88 Å². The summed E-state index contributed by atoms with van der Waals surface area (Å²) in [4.78, 5) is 7.18. The van der Waals surface area contributed by atoms with Crippen molar-refractivity contribution in [1.82, 2.24) is 10.3 Å². The molecule has 1 saturated heterocycles. The van der Waals surface area contributed by atoms with E-state index < -0.39 is 0 Å². The largest absolute Gasteiger partial charge is 0.491 e. The average Bonchev–Trinajstić information content (AvgIpc) is 3.53. The van der Waals surface area contributed by atoms with Gasteiger partial charge in [-0.1, -0.05) is 18.2 Å². The third kappa shape index (κ3) is 3.93. The Labute approximate surface area is 155 Å². The molecule has 1 saturated carbocycles. The molecule has 1 N–H and O–H groups in total. The molecule has 1 aliphatic heterocycles. The van der Waals surface area contributed by atoms with Crippen LogP contribution in [0.25, 0.3) is 0 Å². The zero-order valence-corrected chi connectivity index (χ0v) is 15.4. The van der Waals surface area contributed by atoms with Crippen LogP contribution in [0.5, 0.6) is 11.6 Å². The van der Waals surface area contributed by atoms with E-state index in [1.165, 1.54) is 19.3 Å². The smallest absolute Gasteiger partial charge is 0.259 e. The fourth-order valence-electron chi connectivity index (χ4n) is 3.46. The number of ether oxygens (including phenoxy) is 2. The number of rotatable bonds is 7. The van der Waals surface area contributed by atoms with Crippen molar-refractivity contribution >= 4 is 11.5 Å². The van der Waals surface area contributed by atoms with Crippen LogP contribution in [0.4, 0.5) is 11.5 Å². The highest BCUT2D eigenvalue weighted by Crippen LogP contribution is 2.35.